The van der Waals surface area contributed by atoms with E-state index in [0.717, 1.165) is 36.2 Å². The van der Waals surface area contributed by atoms with E-state index in [1.165, 1.54) is 0 Å². The Morgan fingerprint density at radius 1 is 1.21 bits per heavy atom. The molecule has 2 rings (SSSR count). The third kappa shape index (κ3) is 4.19. The Morgan fingerprint density at radius 2 is 1.84 bits per heavy atom. The molecule has 1 saturated heterocycles. The van der Waals surface area contributed by atoms with Gasteiger partial charge < -0.3 is 10.2 Å². The number of phenols is 1. The van der Waals surface area contributed by atoms with Crippen LogP contribution in [0.25, 0.3) is 0 Å². The zero-order valence-electron chi connectivity index (χ0n) is 10.5. The molecular formula is C13H17BrN2O3. The molecule has 5 nitrogen and oxygen atoms in total. The van der Waals surface area contributed by atoms with Crippen molar-refractivity contribution in [2.24, 2.45) is 0 Å². The van der Waals surface area contributed by atoms with Crippen molar-refractivity contribution >= 4 is 21.9 Å². The number of benzene rings is 1. The number of carboxylic acids is 1. The van der Waals surface area contributed by atoms with Gasteiger partial charge in [0.15, 0.2) is 0 Å². The molecule has 0 aromatic heterocycles. The Balaban J connectivity index is 1.88. The predicted octanol–water partition coefficient (Wildman–Crippen LogP) is 1.36. The van der Waals surface area contributed by atoms with Crippen molar-refractivity contribution in [1.29, 1.82) is 0 Å². The molecule has 6 heteroatoms. The topological polar surface area (TPSA) is 64.0 Å². The van der Waals surface area contributed by atoms with Gasteiger partial charge in [0.1, 0.15) is 5.75 Å². The molecule has 0 aliphatic carbocycles. The lowest BCUT2D eigenvalue weighted by molar-refractivity contribution is -0.138. The molecule has 1 aromatic carbocycles. The summed E-state index contributed by atoms with van der Waals surface area (Å²) in [6.45, 7) is 3.93. The lowest BCUT2D eigenvalue weighted by Crippen LogP contribution is -2.47. The summed E-state index contributed by atoms with van der Waals surface area (Å²) in [4.78, 5) is 14.8. The molecule has 0 atom stereocenters. The summed E-state index contributed by atoms with van der Waals surface area (Å²) in [7, 11) is 0. The molecule has 104 valence electrons. The van der Waals surface area contributed by atoms with Crippen LogP contribution in [0.5, 0.6) is 5.75 Å². The second kappa shape index (κ2) is 6.36. The van der Waals surface area contributed by atoms with Crippen LogP contribution in [0.15, 0.2) is 22.7 Å². The fraction of sp³-hybridized carbons (Fsp3) is 0.462. The first-order valence-electron chi connectivity index (χ1n) is 6.18. The van der Waals surface area contributed by atoms with Gasteiger partial charge in [-0.15, -0.1) is 0 Å². The Hall–Kier alpha value is -1.11. The summed E-state index contributed by atoms with van der Waals surface area (Å²) >= 11 is 3.39. The van der Waals surface area contributed by atoms with Gasteiger partial charge in [0.2, 0.25) is 0 Å². The van der Waals surface area contributed by atoms with Gasteiger partial charge in [-0.2, -0.15) is 0 Å². The largest absolute Gasteiger partial charge is 0.508 e. The fourth-order valence-corrected chi connectivity index (χ4v) is 2.63. The quantitative estimate of drug-likeness (QED) is 0.873. The number of nitrogens with zero attached hydrogens (tertiary/aromatic N) is 2. The van der Waals surface area contributed by atoms with Gasteiger partial charge in [-0.1, -0.05) is 15.9 Å². The van der Waals surface area contributed by atoms with E-state index in [-0.39, 0.29) is 6.54 Å². The van der Waals surface area contributed by atoms with E-state index < -0.39 is 5.97 Å². The van der Waals surface area contributed by atoms with Crippen LogP contribution in [-0.4, -0.2) is 58.7 Å². The second-order valence-corrected chi connectivity index (χ2v) is 5.63. The number of piperazine rings is 1. The number of halogens is 1. The average Bonchev–Trinajstić information content (AvgIpc) is 2.35. The van der Waals surface area contributed by atoms with E-state index in [1.54, 1.807) is 6.07 Å². The molecule has 0 bridgehead atoms. The van der Waals surface area contributed by atoms with Crippen molar-refractivity contribution in [2.75, 3.05) is 32.7 Å². The first-order chi connectivity index (χ1) is 9.04. The first-order valence-corrected chi connectivity index (χ1v) is 6.98. The normalized spacial score (nSPS) is 17.5. The molecular weight excluding hydrogens is 312 g/mol. The van der Waals surface area contributed by atoms with Crippen molar-refractivity contribution in [3.8, 4) is 5.75 Å². The average molecular weight is 329 g/mol. The number of carbonyl (C=O) groups is 1. The van der Waals surface area contributed by atoms with Crippen molar-refractivity contribution in [3.63, 3.8) is 0 Å². The van der Waals surface area contributed by atoms with Crippen LogP contribution >= 0.6 is 15.9 Å². The maximum absolute atomic E-state index is 10.6. The molecule has 1 aliphatic heterocycles. The SMILES string of the molecule is O=C(O)CN1CCN(Cc2cc(Br)ccc2O)CC1. The molecule has 0 spiro atoms. The van der Waals surface area contributed by atoms with Crippen LogP contribution in [0.1, 0.15) is 5.56 Å². The van der Waals surface area contributed by atoms with Gasteiger partial charge in [0.05, 0.1) is 6.54 Å². The molecule has 1 fully saturated rings. The van der Waals surface area contributed by atoms with E-state index in [0.29, 0.717) is 12.3 Å². The third-order valence-electron chi connectivity index (χ3n) is 3.26. The van der Waals surface area contributed by atoms with Gasteiger partial charge in [0.25, 0.3) is 0 Å². The lowest BCUT2D eigenvalue weighted by Gasteiger charge is -2.33. The first kappa shape index (κ1) is 14.3. The van der Waals surface area contributed by atoms with E-state index in [4.69, 9.17) is 5.11 Å². The van der Waals surface area contributed by atoms with Crippen molar-refractivity contribution < 1.29 is 15.0 Å². The minimum absolute atomic E-state index is 0.107. The maximum atomic E-state index is 10.6. The highest BCUT2D eigenvalue weighted by atomic mass is 79.9. The number of carboxylic acid groups (broad SMARTS) is 1. The van der Waals surface area contributed by atoms with Gasteiger partial charge >= 0.3 is 5.97 Å². The highest BCUT2D eigenvalue weighted by Crippen LogP contribution is 2.23. The van der Waals surface area contributed by atoms with Crippen LogP contribution in [0.4, 0.5) is 0 Å². The van der Waals surface area contributed by atoms with Gasteiger partial charge in [0, 0.05) is 42.8 Å². The number of phenolic OH excluding ortho intramolecular Hbond substituents is 1. The Morgan fingerprint density at radius 3 is 2.47 bits per heavy atom. The van der Waals surface area contributed by atoms with E-state index in [2.05, 4.69) is 20.8 Å². The van der Waals surface area contributed by atoms with Crippen LogP contribution in [0.3, 0.4) is 0 Å². The van der Waals surface area contributed by atoms with Crippen molar-refractivity contribution in [1.82, 2.24) is 9.80 Å². The maximum Gasteiger partial charge on any atom is 0.317 e. The number of hydrogen-bond acceptors (Lipinski definition) is 4. The molecule has 1 aromatic rings. The van der Waals surface area contributed by atoms with Gasteiger partial charge in [-0.25, -0.2) is 0 Å². The predicted molar refractivity (Wildman–Crippen MR) is 75.2 cm³/mol. The van der Waals surface area contributed by atoms with Gasteiger partial charge in [-0.05, 0) is 18.2 Å². The third-order valence-corrected chi connectivity index (χ3v) is 3.75. The van der Waals surface area contributed by atoms with Crippen molar-refractivity contribution in [3.05, 3.63) is 28.2 Å². The Bertz CT molecular complexity index is 459. The molecule has 0 saturated carbocycles. The highest BCUT2D eigenvalue weighted by Gasteiger charge is 2.19. The number of aliphatic carboxylic acids is 1. The van der Waals surface area contributed by atoms with Crippen molar-refractivity contribution in [2.45, 2.75) is 6.54 Å². The van der Waals surface area contributed by atoms with E-state index in [1.807, 2.05) is 17.0 Å². The monoisotopic (exact) mass is 328 g/mol. The van der Waals surface area contributed by atoms with Crippen LogP contribution in [0.2, 0.25) is 0 Å². The second-order valence-electron chi connectivity index (χ2n) is 4.72. The van der Waals surface area contributed by atoms with E-state index in [9.17, 15) is 9.90 Å². The zero-order chi connectivity index (χ0) is 13.8. The molecule has 2 N–H and O–H groups in total. The smallest absolute Gasteiger partial charge is 0.317 e. The molecule has 19 heavy (non-hydrogen) atoms. The summed E-state index contributed by atoms with van der Waals surface area (Å²) in [5.41, 5.74) is 0.890. The van der Waals surface area contributed by atoms with Crippen LogP contribution in [0, 0.1) is 0 Å². The standard InChI is InChI=1S/C13H17BrN2O3/c14-11-1-2-12(17)10(7-11)8-15-3-5-16(6-4-15)9-13(18)19/h1-2,7,17H,3-6,8-9H2,(H,18,19). The number of rotatable bonds is 4. The minimum atomic E-state index is -0.780. The number of aromatic hydroxyl groups is 1. The Labute approximate surface area is 120 Å². The number of hydrogen-bond donors (Lipinski definition) is 2. The molecule has 1 aliphatic rings. The Kier molecular flexibility index (Phi) is 4.79. The lowest BCUT2D eigenvalue weighted by atomic mass is 10.1. The summed E-state index contributed by atoms with van der Waals surface area (Å²) in [5, 5.41) is 18.5. The van der Waals surface area contributed by atoms with Crippen LogP contribution < -0.4 is 0 Å². The molecule has 0 radical (unpaired) electrons. The highest BCUT2D eigenvalue weighted by molar-refractivity contribution is 9.10. The zero-order valence-corrected chi connectivity index (χ0v) is 12.1. The summed E-state index contributed by atoms with van der Waals surface area (Å²) in [5.74, 6) is -0.478. The van der Waals surface area contributed by atoms with Gasteiger partial charge in [-0.3, -0.25) is 14.6 Å². The summed E-state index contributed by atoms with van der Waals surface area (Å²) < 4.78 is 0.949. The fourth-order valence-electron chi connectivity index (χ4n) is 2.22. The van der Waals surface area contributed by atoms with Crippen LogP contribution in [-0.2, 0) is 11.3 Å². The van der Waals surface area contributed by atoms with E-state index >= 15 is 0 Å². The molecule has 0 unspecified atom stereocenters. The minimum Gasteiger partial charge on any atom is -0.508 e. The molecule has 0 amide bonds. The summed E-state index contributed by atoms with van der Waals surface area (Å²) in [6, 6.07) is 5.41. The summed E-state index contributed by atoms with van der Waals surface area (Å²) in [6.07, 6.45) is 0. The molecule has 1 heterocycles.